The number of rotatable bonds is 5. The van der Waals surface area contributed by atoms with E-state index in [2.05, 4.69) is 10.3 Å². The Morgan fingerprint density at radius 1 is 1.22 bits per heavy atom. The van der Waals surface area contributed by atoms with Gasteiger partial charge >= 0.3 is 6.09 Å². The molecular formula is C22H20F2N4O4. The predicted molar refractivity (Wildman–Crippen MR) is 110 cm³/mol. The van der Waals surface area contributed by atoms with Crippen LogP contribution in [0.1, 0.15) is 18.4 Å². The molecule has 1 aliphatic carbocycles. The van der Waals surface area contributed by atoms with Crippen LogP contribution < -0.4 is 10.1 Å². The number of carbonyl (C=O) groups is 2. The number of ether oxygens (including phenoxy) is 1. The summed E-state index contributed by atoms with van der Waals surface area (Å²) in [6, 6.07) is 10.2. The van der Waals surface area contributed by atoms with E-state index in [0.29, 0.717) is 11.1 Å². The first-order valence-corrected chi connectivity index (χ1v) is 10.1. The van der Waals surface area contributed by atoms with Gasteiger partial charge in [0.05, 0.1) is 18.0 Å². The molecule has 2 aliphatic rings. The first-order valence-electron chi connectivity index (χ1n) is 10.1. The van der Waals surface area contributed by atoms with E-state index < -0.39 is 36.4 Å². The first kappa shape index (κ1) is 21.5. The van der Waals surface area contributed by atoms with Gasteiger partial charge in [0.1, 0.15) is 29.9 Å². The fourth-order valence-corrected chi connectivity index (χ4v) is 3.59. The predicted octanol–water partition coefficient (Wildman–Crippen LogP) is 3.39. The van der Waals surface area contributed by atoms with E-state index >= 15 is 0 Å². The summed E-state index contributed by atoms with van der Waals surface area (Å²) in [5.74, 6) is -0.573. The van der Waals surface area contributed by atoms with Crippen molar-refractivity contribution in [1.82, 2.24) is 9.88 Å². The number of alkyl halides is 2. The number of nitriles is 1. The third-order valence-electron chi connectivity index (χ3n) is 5.52. The van der Waals surface area contributed by atoms with Crippen molar-refractivity contribution in [1.29, 1.82) is 5.26 Å². The molecule has 2 amide bonds. The van der Waals surface area contributed by atoms with Gasteiger partial charge in [0.2, 0.25) is 5.91 Å². The van der Waals surface area contributed by atoms with Crippen molar-refractivity contribution in [3.8, 4) is 22.9 Å². The quantitative estimate of drug-likeness (QED) is 0.734. The molecule has 1 aromatic carbocycles. The van der Waals surface area contributed by atoms with E-state index in [1.807, 2.05) is 6.07 Å². The average molecular weight is 442 g/mol. The molecule has 0 spiro atoms. The van der Waals surface area contributed by atoms with Crippen LogP contribution in [0, 0.1) is 17.2 Å². The number of nitrogens with zero attached hydrogens (tertiary/aromatic N) is 3. The number of pyridine rings is 1. The standard InChI is InChI=1S/C22H20F2N4O4/c23-16-9-15(16)21(29)27-20-8-13(3-5-26-20)12-1-2-18(14(7-12)10-25)32-19-4-6-28(22(30)31)11-17(19)24/h1-3,5,7-8,15-17,19H,4,6,9,11H2,(H,30,31)(H,26,27,29)/t15-,16-,17-,19+/m1/s1. The van der Waals surface area contributed by atoms with E-state index in [1.165, 1.54) is 6.20 Å². The number of carbonyl (C=O) groups excluding carboxylic acids is 1. The van der Waals surface area contributed by atoms with Crippen molar-refractivity contribution < 1.29 is 28.2 Å². The molecule has 0 radical (unpaired) electrons. The summed E-state index contributed by atoms with van der Waals surface area (Å²) in [7, 11) is 0. The van der Waals surface area contributed by atoms with Crippen molar-refractivity contribution in [2.24, 2.45) is 5.92 Å². The number of amides is 2. The fourth-order valence-electron chi connectivity index (χ4n) is 3.59. The van der Waals surface area contributed by atoms with Gasteiger partial charge in [-0.1, -0.05) is 6.07 Å². The number of piperidine rings is 1. The lowest BCUT2D eigenvalue weighted by molar-refractivity contribution is -0.117. The van der Waals surface area contributed by atoms with Gasteiger partial charge in [-0.3, -0.25) is 4.79 Å². The van der Waals surface area contributed by atoms with Crippen LogP contribution in [0.4, 0.5) is 19.4 Å². The summed E-state index contributed by atoms with van der Waals surface area (Å²) < 4.78 is 33.2. The summed E-state index contributed by atoms with van der Waals surface area (Å²) in [5.41, 5.74) is 1.51. The summed E-state index contributed by atoms with van der Waals surface area (Å²) in [6.45, 7) is -0.134. The molecule has 2 aromatic rings. The maximum absolute atomic E-state index is 14.4. The van der Waals surface area contributed by atoms with E-state index in [0.717, 1.165) is 4.90 Å². The molecule has 8 nitrogen and oxygen atoms in total. The molecule has 2 fully saturated rings. The number of nitrogens with one attached hydrogen (secondary N) is 1. The number of hydrogen-bond donors (Lipinski definition) is 2. The van der Waals surface area contributed by atoms with Gasteiger partial charge in [-0.25, -0.2) is 18.6 Å². The maximum Gasteiger partial charge on any atom is 0.407 e. The van der Waals surface area contributed by atoms with Gasteiger partial charge in [-0.15, -0.1) is 0 Å². The SMILES string of the molecule is N#Cc1cc(-c2ccnc(NC(=O)[C@@H]3C[C@H]3F)c2)ccc1O[C@H]1CCN(C(=O)O)C[C@H]1F. The van der Waals surface area contributed by atoms with Crippen molar-refractivity contribution in [3.05, 3.63) is 42.1 Å². The van der Waals surface area contributed by atoms with Gasteiger partial charge in [-0.05, 0) is 41.8 Å². The molecule has 166 valence electrons. The van der Waals surface area contributed by atoms with Crippen LogP contribution in [0.3, 0.4) is 0 Å². The van der Waals surface area contributed by atoms with Crippen LogP contribution in [0.25, 0.3) is 11.1 Å². The van der Waals surface area contributed by atoms with Crippen LogP contribution in [-0.4, -0.2) is 58.5 Å². The molecule has 0 bridgehead atoms. The number of likely N-dealkylation sites (tertiary alicyclic amines) is 1. The molecule has 0 unspecified atom stereocenters. The van der Waals surface area contributed by atoms with Crippen molar-refractivity contribution in [2.75, 3.05) is 18.4 Å². The molecule has 1 saturated carbocycles. The zero-order valence-corrected chi connectivity index (χ0v) is 16.9. The van der Waals surface area contributed by atoms with E-state index in [1.54, 1.807) is 30.3 Å². The Morgan fingerprint density at radius 3 is 2.62 bits per heavy atom. The number of carboxylic acid groups (broad SMARTS) is 1. The number of anilines is 1. The molecular weight excluding hydrogens is 422 g/mol. The lowest BCUT2D eigenvalue weighted by Crippen LogP contribution is -2.48. The molecule has 4 atom stereocenters. The smallest absolute Gasteiger partial charge is 0.407 e. The zero-order chi connectivity index (χ0) is 22.8. The Hall–Kier alpha value is -3.74. The molecule has 1 aromatic heterocycles. The Kier molecular flexibility index (Phi) is 5.90. The van der Waals surface area contributed by atoms with Crippen molar-refractivity contribution in [3.63, 3.8) is 0 Å². The van der Waals surface area contributed by atoms with Crippen LogP contribution in [0.15, 0.2) is 36.5 Å². The van der Waals surface area contributed by atoms with Crippen LogP contribution in [0.5, 0.6) is 5.75 Å². The Bertz CT molecular complexity index is 1090. The highest BCUT2D eigenvalue weighted by Crippen LogP contribution is 2.35. The minimum Gasteiger partial charge on any atom is -0.486 e. The highest BCUT2D eigenvalue weighted by Gasteiger charge is 2.43. The molecule has 1 aliphatic heterocycles. The van der Waals surface area contributed by atoms with E-state index in [-0.39, 0.29) is 43.1 Å². The van der Waals surface area contributed by atoms with E-state index in [9.17, 15) is 23.6 Å². The lowest BCUT2D eigenvalue weighted by Gasteiger charge is -2.33. The van der Waals surface area contributed by atoms with E-state index in [4.69, 9.17) is 9.84 Å². The Balaban J connectivity index is 1.48. The van der Waals surface area contributed by atoms with Gasteiger partial charge < -0.3 is 20.1 Å². The zero-order valence-electron chi connectivity index (χ0n) is 16.9. The highest BCUT2D eigenvalue weighted by molar-refractivity contribution is 5.94. The van der Waals surface area contributed by atoms with Gasteiger partial charge in [0, 0.05) is 19.2 Å². The number of halogens is 2. The van der Waals surface area contributed by atoms with Crippen LogP contribution >= 0.6 is 0 Å². The normalized spacial score (nSPS) is 24.3. The largest absolute Gasteiger partial charge is 0.486 e. The Morgan fingerprint density at radius 2 is 1.97 bits per heavy atom. The van der Waals surface area contributed by atoms with Crippen LogP contribution in [-0.2, 0) is 4.79 Å². The summed E-state index contributed by atoms with van der Waals surface area (Å²) >= 11 is 0. The minimum atomic E-state index is -1.51. The average Bonchev–Trinajstić information content (AvgIpc) is 3.52. The number of aromatic nitrogens is 1. The Labute approximate surface area is 182 Å². The molecule has 32 heavy (non-hydrogen) atoms. The number of benzene rings is 1. The topological polar surface area (TPSA) is 116 Å². The molecule has 2 heterocycles. The van der Waals surface area contributed by atoms with Crippen molar-refractivity contribution in [2.45, 2.75) is 31.3 Å². The van der Waals surface area contributed by atoms with Crippen LogP contribution in [0.2, 0.25) is 0 Å². The second-order valence-corrected chi connectivity index (χ2v) is 7.79. The molecule has 1 saturated heterocycles. The highest BCUT2D eigenvalue weighted by atomic mass is 19.1. The minimum absolute atomic E-state index is 0.149. The third kappa shape index (κ3) is 4.61. The van der Waals surface area contributed by atoms with Crippen molar-refractivity contribution >= 4 is 17.8 Å². The third-order valence-corrected chi connectivity index (χ3v) is 5.52. The van der Waals surface area contributed by atoms with Gasteiger partial charge in [0.25, 0.3) is 0 Å². The summed E-state index contributed by atoms with van der Waals surface area (Å²) in [4.78, 5) is 28.0. The summed E-state index contributed by atoms with van der Waals surface area (Å²) in [6.07, 6.45) is -2.76. The molecule has 4 rings (SSSR count). The first-order chi connectivity index (χ1) is 15.4. The molecule has 10 heteroatoms. The van der Waals surface area contributed by atoms with Gasteiger partial charge in [-0.2, -0.15) is 5.26 Å². The monoisotopic (exact) mass is 442 g/mol. The number of hydrogen-bond acceptors (Lipinski definition) is 5. The fraction of sp³-hybridized carbons (Fsp3) is 0.364. The van der Waals surface area contributed by atoms with Gasteiger partial charge in [0.15, 0.2) is 6.17 Å². The lowest BCUT2D eigenvalue weighted by atomic mass is 10.0. The molecule has 2 N–H and O–H groups in total. The summed E-state index contributed by atoms with van der Waals surface area (Å²) in [5, 5.41) is 21.1. The maximum atomic E-state index is 14.4. The second-order valence-electron chi connectivity index (χ2n) is 7.79. The second kappa shape index (κ2) is 8.78.